The summed E-state index contributed by atoms with van der Waals surface area (Å²) in [6.45, 7) is 4.82. The van der Waals surface area contributed by atoms with Gasteiger partial charge in [-0.2, -0.15) is 0 Å². The van der Waals surface area contributed by atoms with E-state index in [1.807, 2.05) is 0 Å². The minimum absolute atomic E-state index is 0.00347. The Hall–Kier alpha value is -2.74. The Balaban J connectivity index is 3.15. The van der Waals surface area contributed by atoms with E-state index in [1.54, 1.807) is 24.3 Å². The predicted octanol–water partition coefficient (Wildman–Crippen LogP) is 2.27. The largest absolute Gasteiger partial charge is 0.480 e. The summed E-state index contributed by atoms with van der Waals surface area (Å²) >= 11 is 0. The highest BCUT2D eigenvalue weighted by atomic mass is 16.6. The van der Waals surface area contributed by atoms with Gasteiger partial charge in [0.25, 0.3) is 0 Å². The van der Waals surface area contributed by atoms with Crippen LogP contribution in [0.1, 0.15) is 12.5 Å². The lowest BCUT2D eigenvalue weighted by Gasteiger charge is -2.25. The molecule has 0 spiro atoms. The quantitative estimate of drug-likeness (QED) is 0.660. The summed E-state index contributed by atoms with van der Waals surface area (Å²) in [6.07, 6.45) is 5.93. The van der Waals surface area contributed by atoms with Gasteiger partial charge in [0.15, 0.2) is 0 Å². The molecule has 0 bridgehead atoms. The summed E-state index contributed by atoms with van der Waals surface area (Å²) in [5, 5.41) is 9.10. The molecule has 0 heterocycles. The zero-order valence-electron chi connectivity index (χ0n) is 11.1. The molecule has 5 nitrogen and oxygen atoms in total. The number of carboxylic acid groups (broad SMARTS) is 1. The summed E-state index contributed by atoms with van der Waals surface area (Å²) in [5.41, 5.74) is 0.908. The zero-order chi connectivity index (χ0) is 15.1. The molecule has 0 saturated heterocycles. The molecule has 0 saturated carbocycles. The Bertz CT molecular complexity index is 559. The molecule has 0 aliphatic heterocycles. The number of terminal acetylenes is 1. The molecular formula is C15H15NO4. The third-order valence-electron chi connectivity index (χ3n) is 2.56. The van der Waals surface area contributed by atoms with E-state index in [0.717, 1.165) is 4.90 Å². The molecule has 0 fully saturated rings. The molecule has 1 atom stereocenters. The first-order chi connectivity index (χ1) is 9.51. The standard InChI is InChI=1S/C15H15NO4/c1-4-9-20-15(19)16(11(3)14(17)18)13-8-6-7-12(5-2)10-13/h2,4,6-8,10-11H,1,9H2,3H3,(H,17,18). The van der Waals surface area contributed by atoms with E-state index in [4.69, 9.17) is 16.3 Å². The van der Waals surface area contributed by atoms with Crippen molar-refractivity contribution < 1.29 is 19.4 Å². The highest BCUT2D eigenvalue weighted by molar-refractivity contribution is 5.95. The van der Waals surface area contributed by atoms with Crippen LogP contribution in [0.3, 0.4) is 0 Å². The van der Waals surface area contributed by atoms with Gasteiger partial charge in [0, 0.05) is 11.3 Å². The number of hydrogen-bond acceptors (Lipinski definition) is 3. The van der Waals surface area contributed by atoms with Crippen LogP contribution in [0.4, 0.5) is 10.5 Å². The van der Waals surface area contributed by atoms with Gasteiger partial charge in [-0.3, -0.25) is 4.90 Å². The molecule has 1 amide bonds. The fourth-order valence-electron chi connectivity index (χ4n) is 1.54. The van der Waals surface area contributed by atoms with Crippen molar-refractivity contribution in [1.29, 1.82) is 0 Å². The molecule has 1 N–H and O–H groups in total. The number of amides is 1. The Morgan fingerprint density at radius 3 is 2.85 bits per heavy atom. The SMILES string of the molecule is C#Cc1cccc(N(C(=O)OCC=C)C(C)C(=O)O)c1. The van der Waals surface area contributed by atoms with Crippen molar-refractivity contribution in [2.45, 2.75) is 13.0 Å². The van der Waals surface area contributed by atoms with Crippen molar-refractivity contribution in [2.24, 2.45) is 0 Å². The van der Waals surface area contributed by atoms with Crippen LogP contribution in [-0.2, 0) is 9.53 Å². The second-order valence-electron chi connectivity index (χ2n) is 3.94. The van der Waals surface area contributed by atoms with Gasteiger partial charge in [0.05, 0.1) is 0 Å². The number of carboxylic acids is 1. The van der Waals surface area contributed by atoms with Gasteiger partial charge < -0.3 is 9.84 Å². The molecule has 0 aromatic heterocycles. The molecule has 0 radical (unpaired) electrons. The number of carbonyl (C=O) groups excluding carboxylic acids is 1. The maximum Gasteiger partial charge on any atom is 0.415 e. The number of hydrogen-bond donors (Lipinski definition) is 1. The number of aliphatic carboxylic acids is 1. The van der Waals surface area contributed by atoms with Crippen LogP contribution in [0.5, 0.6) is 0 Å². The molecule has 104 valence electrons. The van der Waals surface area contributed by atoms with Crippen LogP contribution in [0.15, 0.2) is 36.9 Å². The number of benzene rings is 1. The maximum absolute atomic E-state index is 12.0. The average Bonchev–Trinajstić information content (AvgIpc) is 2.45. The highest BCUT2D eigenvalue weighted by Gasteiger charge is 2.28. The van der Waals surface area contributed by atoms with Crippen LogP contribution in [0.25, 0.3) is 0 Å². The average molecular weight is 273 g/mol. The molecule has 1 unspecified atom stereocenters. The molecule has 1 aromatic carbocycles. The number of rotatable bonds is 5. The summed E-state index contributed by atoms with van der Waals surface area (Å²) in [6, 6.07) is 5.39. The van der Waals surface area contributed by atoms with Crippen LogP contribution < -0.4 is 4.90 Å². The number of ether oxygens (including phenoxy) is 1. The fraction of sp³-hybridized carbons (Fsp3) is 0.200. The van der Waals surface area contributed by atoms with Gasteiger partial charge in [-0.15, -0.1) is 6.42 Å². The van der Waals surface area contributed by atoms with Crippen LogP contribution in [0, 0.1) is 12.3 Å². The smallest absolute Gasteiger partial charge is 0.415 e. The number of carbonyl (C=O) groups is 2. The molecule has 1 rings (SSSR count). The molecule has 0 aliphatic carbocycles. The Morgan fingerprint density at radius 2 is 2.30 bits per heavy atom. The van der Waals surface area contributed by atoms with E-state index in [-0.39, 0.29) is 6.61 Å². The van der Waals surface area contributed by atoms with Crippen LogP contribution >= 0.6 is 0 Å². The fourth-order valence-corrected chi connectivity index (χ4v) is 1.54. The Kier molecular flexibility index (Phi) is 5.36. The summed E-state index contributed by atoms with van der Waals surface area (Å²) in [5.74, 6) is 1.28. The lowest BCUT2D eigenvalue weighted by Crippen LogP contribution is -2.43. The minimum Gasteiger partial charge on any atom is -0.480 e. The summed E-state index contributed by atoms with van der Waals surface area (Å²) in [7, 11) is 0. The van der Waals surface area contributed by atoms with Crippen LogP contribution in [-0.4, -0.2) is 29.8 Å². The van der Waals surface area contributed by atoms with Crippen molar-refractivity contribution in [3.05, 3.63) is 42.5 Å². The van der Waals surface area contributed by atoms with Crippen molar-refractivity contribution in [1.82, 2.24) is 0 Å². The number of anilines is 1. The molecule has 0 aliphatic rings. The molecule has 5 heteroatoms. The molecule has 20 heavy (non-hydrogen) atoms. The van der Waals surface area contributed by atoms with E-state index in [2.05, 4.69) is 12.5 Å². The van der Waals surface area contributed by atoms with Crippen LogP contribution in [0.2, 0.25) is 0 Å². The summed E-state index contributed by atoms with van der Waals surface area (Å²) < 4.78 is 4.91. The van der Waals surface area contributed by atoms with Gasteiger partial charge in [-0.25, -0.2) is 9.59 Å². The maximum atomic E-state index is 12.0. The van der Waals surface area contributed by atoms with E-state index < -0.39 is 18.1 Å². The molecular weight excluding hydrogens is 258 g/mol. The number of nitrogens with zero attached hydrogens (tertiary/aromatic N) is 1. The van der Waals surface area contributed by atoms with Crippen molar-refractivity contribution in [3.8, 4) is 12.3 Å². The van der Waals surface area contributed by atoms with Crippen molar-refractivity contribution in [2.75, 3.05) is 11.5 Å². The first kappa shape index (κ1) is 15.3. The molecule has 1 aromatic rings. The Morgan fingerprint density at radius 1 is 1.60 bits per heavy atom. The van der Waals surface area contributed by atoms with E-state index in [9.17, 15) is 9.59 Å². The van der Waals surface area contributed by atoms with Gasteiger partial charge in [0.2, 0.25) is 0 Å². The normalized spacial score (nSPS) is 11.0. The van der Waals surface area contributed by atoms with Crippen molar-refractivity contribution in [3.63, 3.8) is 0 Å². The van der Waals surface area contributed by atoms with E-state index in [0.29, 0.717) is 11.3 Å². The third kappa shape index (κ3) is 3.62. The second-order valence-corrected chi connectivity index (χ2v) is 3.94. The van der Waals surface area contributed by atoms with E-state index in [1.165, 1.54) is 13.0 Å². The Labute approximate surface area is 117 Å². The monoisotopic (exact) mass is 273 g/mol. The lowest BCUT2D eigenvalue weighted by atomic mass is 10.1. The highest BCUT2D eigenvalue weighted by Crippen LogP contribution is 2.20. The zero-order valence-corrected chi connectivity index (χ0v) is 11.1. The van der Waals surface area contributed by atoms with E-state index >= 15 is 0 Å². The van der Waals surface area contributed by atoms with Gasteiger partial charge in [-0.05, 0) is 25.1 Å². The summed E-state index contributed by atoms with van der Waals surface area (Å²) in [4.78, 5) is 24.2. The minimum atomic E-state index is -1.15. The second kappa shape index (κ2) is 7.00. The van der Waals surface area contributed by atoms with Gasteiger partial charge in [-0.1, -0.05) is 24.6 Å². The lowest BCUT2D eigenvalue weighted by molar-refractivity contribution is -0.138. The topological polar surface area (TPSA) is 66.8 Å². The third-order valence-corrected chi connectivity index (χ3v) is 2.56. The van der Waals surface area contributed by atoms with Gasteiger partial charge >= 0.3 is 12.1 Å². The first-order valence-electron chi connectivity index (χ1n) is 5.87. The first-order valence-corrected chi connectivity index (χ1v) is 5.87. The predicted molar refractivity (Wildman–Crippen MR) is 75.5 cm³/mol. The van der Waals surface area contributed by atoms with Crippen molar-refractivity contribution >= 4 is 17.7 Å². The van der Waals surface area contributed by atoms with Gasteiger partial charge in [0.1, 0.15) is 12.6 Å².